The molecule has 27 heavy (non-hydrogen) atoms. The van der Waals surface area contributed by atoms with E-state index in [-0.39, 0.29) is 24.2 Å². The second-order valence-electron chi connectivity index (χ2n) is 7.12. The maximum atomic E-state index is 13.3. The molecule has 2 aromatic carbocycles. The van der Waals surface area contributed by atoms with E-state index in [0.717, 1.165) is 11.1 Å². The third-order valence-corrected chi connectivity index (χ3v) is 7.61. The predicted molar refractivity (Wildman–Crippen MR) is 101 cm³/mol. The maximum Gasteiger partial charge on any atom is 0.231 e. The second kappa shape index (κ2) is 6.51. The molecule has 1 fully saturated rings. The van der Waals surface area contributed by atoms with Crippen molar-refractivity contribution in [2.24, 2.45) is 5.73 Å². The van der Waals surface area contributed by atoms with E-state index >= 15 is 0 Å². The molecule has 0 aromatic heterocycles. The van der Waals surface area contributed by atoms with Crippen LogP contribution in [0.5, 0.6) is 11.5 Å². The molecule has 0 spiro atoms. The molecule has 0 bridgehead atoms. The first kappa shape index (κ1) is 18.3. The highest BCUT2D eigenvalue weighted by Gasteiger charge is 2.69. The molecule has 0 unspecified atom stereocenters. The monoisotopic (exact) mass is 389 g/mol. The van der Waals surface area contributed by atoms with Gasteiger partial charge in [-0.05, 0) is 43.7 Å². The highest BCUT2D eigenvalue weighted by Crippen LogP contribution is 2.56. The molecule has 2 aromatic rings. The minimum absolute atomic E-state index is 0.168. The summed E-state index contributed by atoms with van der Waals surface area (Å²) in [5, 5.41) is -0.750. The number of rotatable bonds is 6. The van der Waals surface area contributed by atoms with E-state index < -0.39 is 20.6 Å². The Balaban J connectivity index is 1.72. The lowest BCUT2D eigenvalue weighted by Crippen LogP contribution is -2.36. The van der Waals surface area contributed by atoms with Gasteiger partial charge in [0.25, 0.3) is 0 Å². The first-order valence-electron chi connectivity index (χ1n) is 8.94. The summed E-state index contributed by atoms with van der Waals surface area (Å²) < 4.78 is 43.0. The van der Waals surface area contributed by atoms with Crippen molar-refractivity contribution in [1.82, 2.24) is 0 Å². The standard InChI is InChI=1S/C20H23NO5S/c1-3-24-11-20(21)18(14-6-9-16-17(10-14)26-12-25-16)19(20)27(22,23)15-7-4-13(2)5-8-15/h4-10,18-19H,3,11-12,21H2,1-2H3/t18-,19-,20+/m0/s1. The van der Waals surface area contributed by atoms with Crippen molar-refractivity contribution in [3.05, 3.63) is 53.6 Å². The number of ether oxygens (including phenoxy) is 3. The third-order valence-electron chi connectivity index (χ3n) is 5.30. The molecule has 1 heterocycles. The van der Waals surface area contributed by atoms with Gasteiger partial charge in [-0.25, -0.2) is 8.42 Å². The zero-order chi connectivity index (χ0) is 19.2. The van der Waals surface area contributed by atoms with Crippen LogP contribution in [-0.2, 0) is 14.6 Å². The normalized spacial score (nSPS) is 26.2. The number of aryl methyl sites for hydroxylation is 1. The molecule has 144 valence electrons. The van der Waals surface area contributed by atoms with Crippen molar-refractivity contribution in [3.63, 3.8) is 0 Å². The summed E-state index contributed by atoms with van der Waals surface area (Å²) in [6.45, 7) is 4.61. The van der Waals surface area contributed by atoms with Crippen LogP contribution >= 0.6 is 0 Å². The average molecular weight is 389 g/mol. The second-order valence-corrected chi connectivity index (χ2v) is 9.19. The van der Waals surface area contributed by atoms with E-state index in [4.69, 9.17) is 19.9 Å². The van der Waals surface area contributed by atoms with Gasteiger partial charge in [-0.3, -0.25) is 0 Å². The Morgan fingerprint density at radius 2 is 1.85 bits per heavy atom. The van der Waals surface area contributed by atoms with Crippen molar-refractivity contribution < 1.29 is 22.6 Å². The quantitative estimate of drug-likeness (QED) is 0.816. The van der Waals surface area contributed by atoms with Crippen LogP contribution in [0.3, 0.4) is 0 Å². The third kappa shape index (κ3) is 2.99. The fourth-order valence-electron chi connectivity index (χ4n) is 3.81. The molecule has 4 rings (SSSR count). The van der Waals surface area contributed by atoms with E-state index in [1.807, 2.05) is 26.0 Å². The van der Waals surface area contributed by atoms with Crippen LogP contribution in [0.1, 0.15) is 24.0 Å². The van der Waals surface area contributed by atoms with E-state index in [0.29, 0.717) is 18.1 Å². The maximum absolute atomic E-state index is 13.3. The van der Waals surface area contributed by atoms with Gasteiger partial charge in [0.2, 0.25) is 6.79 Å². The van der Waals surface area contributed by atoms with Crippen molar-refractivity contribution in [1.29, 1.82) is 0 Å². The van der Waals surface area contributed by atoms with Gasteiger partial charge in [-0.2, -0.15) is 0 Å². The van der Waals surface area contributed by atoms with E-state index in [9.17, 15) is 8.42 Å². The van der Waals surface area contributed by atoms with Gasteiger partial charge in [0.1, 0.15) is 0 Å². The summed E-state index contributed by atoms with van der Waals surface area (Å²) in [7, 11) is -3.61. The summed E-state index contributed by atoms with van der Waals surface area (Å²) in [6, 6.07) is 12.4. The lowest BCUT2D eigenvalue weighted by Gasteiger charge is -2.12. The molecular weight excluding hydrogens is 366 g/mol. The first-order chi connectivity index (χ1) is 12.9. The fraction of sp³-hybridized carbons (Fsp3) is 0.400. The Bertz CT molecular complexity index is 957. The molecule has 2 N–H and O–H groups in total. The molecule has 1 aliphatic heterocycles. The Labute approximate surface area is 159 Å². The molecule has 1 saturated carbocycles. The molecule has 6 nitrogen and oxygen atoms in total. The largest absolute Gasteiger partial charge is 0.454 e. The summed E-state index contributed by atoms with van der Waals surface area (Å²) in [6.07, 6.45) is 0. The van der Waals surface area contributed by atoms with Crippen LogP contribution in [0.2, 0.25) is 0 Å². The SMILES string of the molecule is CCOC[C@@]1(N)[C@@H](c2ccc3c(c2)OCO3)[C@@H]1S(=O)(=O)c1ccc(C)cc1. The number of hydrogen-bond acceptors (Lipinski definition) is 6. The van der Waals surface area contributed by atoms with Gasteiger partial charge in [-0.1, -0.05) is 23.8 Å². The molecule has 2 aliphatic rings. The molecule has 0 saturated heterocycles. The topological polar surface area (TPSA) is 87.8 Å². The van der Waals surface area contributed by atoms with E-state index in [1.54, 1.807) is 30.3 Å². The Hall–Kier alpha value is -2.09. The zero-order valence-corrected chi connectivity index (χ0v) is 16.2. The van der Waals surface area contributed by atoms with Crippen LogP contribution in [0.25, 0.3) is 0 Å². The van der Waals surface area contributed by atoms with Crippen molar-refractivity contribution >= 4 is 9.84 Å². The number of hydrogen-bond donors (Lipinski definition) is 1. The van der Waals surface area contributed by atoms with Gasteiger partial charge in [0.05, 0.1) is 22.3 Å². The number of sulfone groups is 1. The first-order valence-corrected chi connectivity index (χ1v) is 10.5. The van der Waals surface area contributed by atoms with Gasteiger partial charge < -0.3 is 19.9 Å². The van der Waals surface area contributed by atoms with Crippen LogP contribution in [0, 0.1) is 6.92 Å². The van der Waals surface area contributed by atoms with Gasteiger partial charge in [0, 0.05) is 12.5 Å². The van der Waals surface area contributed by atoms with Gasteiger partial charge in [-0.15, -0.1) is 0 Å². The molecular formula is C20H23NO5S. The minimum Gasteiger partial charge on any atom is -0.454 e. The summed E-state index contributed by atoms with van der Waals surface area (Å²) in [5.41, 5.74) is 7.42. The zero-order valence-electron chi connectivity index (χ0n) is 15.3. The molecule has 3 atom stereocenters. The smallest absolute Gasteiger partial charge is 0.231 e. The van der Waals surface area contributed by atoms with Crippen LogP contribution in [0.15, 0.2) is 47.4 Å². The van der Waals surface area contributed by atoms with Crippen LogP contribution < -0.4 is 15.2 Å². The van der Waals surface area contributed by atoms with Gasteiger partial charge >= 0.3 is 0 Å². The highest BCUT2D eigenvalue weighted by atomic mass is 32.2. The number of fused-ring (bicyclic) bond motifs is 1. The number of nitrogens with two attached hydrogens (primary N) is 1. The lowest BCUT2D eigenvalue weighted by atomic mass is 10.1. The van der Waals surface area contributed by atoms with Crippen molar-refractivity contribution in [2.75, 3.05) is 20.0 Å². The van der Waals surface area contributed by atoms with Crippen LogP contribution in [0.4, 0.5) is 0 Å². The summed E-state index contributed by atoms with van der Waals surface area (Å²) >= 11 is 0. The van der Waals surface area contributed by atoms with Crippen LogP contribution in [-0.4, -0.2) is 39.2 Å². The van der Waals surface area contributed by atoms with E-state index in [1.165, 1.54) is 0 Å². The Kier molecular flexibility index (Phi) is 4.41. The number of benzene rings is 2. The summed E-state index contributed by atoms with van der Waals surface area (Å²) in [4.78, 5) is 0.285. The molecule has 0 radical (unpaired) electrons. The Morgan fingerprint density at radius 3 is 2.56 bits per heavy atom. The van der Waals surface area contributed by atoms with Gasteiger partial charge in [0.15, 0.2) is 21.3 Å². The lowest BCUT2D eigenvalue weighted by molar-refractivity contribution is 0.125. The fourth-order valence-corrected chi connectivity index (χ4v) is 6.10. The highest BCUT2D eigenvalue weighted by molar-refractivity contribution is 7.92. The Morgan fingerprint density at radius 1 is 1.15 bits per heavy atom. The van der Waals surface area contributed by atoms with Crippen molar-refractivity contribution in [2.45, 2.75) is 35.4 Å². The average Bonchev–Trinajstić information content (AvgIpc) is 3.03. The minimum atomic E-state index is -3.61. The summed E-state index contributed by atoms with van der Waals surface area (Å²) in [5.74, 6) is 0.902. The predicted octanol–water partition coefficient (Wildman–Crippen LogP) is 2.40. The van der Waals surface area contributed by atoms with E-state index in [2.05, 4.69) is 0 Å². The molecule has 1 aliphatic carbocycles. The van der Waals surface area contributed by atoms with Crippen molar-refractivity contribution in [3.8, 4) is 11.5 Å². The molecule has 7 heteroatoms. The molecule has 0 amide bonds.